The highest BCUT2D eigenvalue weighted by Crippen LogP contribution is 2.28. The maximum Gasteiger partial charge on any atom is 0.129 e. The van der Waals surface area contributed by atoms with Gasteiger partial charge in [-0.3, -0.25) is 0 Å². The molecule has 160 valence electrons. The number of halogens is 6. The molecule has 0 aliphatic carbocycles. The summed E-state index contributed by atoms with van der Waals surface area (Å²) in [6.07, 6.45) is 0. The molecule has 0 bridgehead atoms. The predicted molar refractivity (Wildman–Crippen MR) is 170 cm³/mol. The Labute approximate surface area is 244 Å². The maximum absolute atomic E-state index is 3.61. The number of rotatable bonds is 0. The van der Waals surface area contributed by atoms with Crippen molar-refractivity contribution in [3.05, 3.63) is 60.4 Å². The van der Waals surface area contributed by atoms with Crippen LogP contribution < -0.4 is 0 Å². The lowest BCUT2D eigenvalue weighted by molar-refractivity contribution is 1.50. The van der Waals surface area contributed by atoms with Crippen LogP contribution in [0.3, 0.4) is 0 Å². The zero-order valence-corrected chi connectivity index (χ0v) is 30.2. The van der Waals surface area contributed by atoms with Crippen LogP contribution in [0.4, 0.5) is 0 Å². The number of benzene rings is 2. The van der Waals surface area contributed by atoms with E-state index in [1.165, 1.54) is 7.14 Å². The molecule has 0 atom stereocenters. The van der Waals surface area contributed by atoms with Crippen LogP contribution in [0.5, 0.6) is 0 Å². The smallest absolute Gasteiger partial charge is 0.127 e. The van der Waals surface area contributed by atoms with E-state index in [0.29, 0.717) is 0 Å². The van der Waals surface area contributed by atoms with Gasteiger partial charge in [0.15, 0.2) is 0 Å². The van der Waals surface area contributed by atoms with Gasteiger partial charge in [0.1, 0.15) is 16.1 Å². The Hall–Kier alpha value is 1.37. The molecule has 0 aliphatic rings. The van der Waals surface area contributed by atoms with Crippen molar-refractivity contribution in [3.63, 3.8) is 0 Å². The van der Waals surface area contributed by atoms with Crippen molar-refractivity contribution in [2.24, 2.45) is 0 Å². The van der Waals surface area contributed by atoms with Gasteiger partial charge in [-0.15, -0.1) is 11.1 Å². The summed E-state index contributed by atoms with van der Waals surface area (Å²) in [7, 11) is -2.71. The van der Waals surface area contributed by atoms with Gasteiger partial charge in [0.2, 0.25) is 0 Å². The maximum atomic E-state index is 3.61. The van der Waals surface area contributed by atoms with Crippen molar-refractivity contribution in [2.75, 3.05) is 0 Å². The fourth-order valence-corrected chi connectivity index (χ4v) is 6.13. The summed E-state index contributed by atoms with van der Waals surface area (Å²) in [5, 5.41) is 0. The molecule has 30 heavy (non-hydrogen) atoms. The van der Waals surface area contributed by atoms with Crippen LogP contribution in [-0.2, 0) is 0 Å². The van der Waals surface area contributed by atoms with E-state index in [9.17, 15) is 0 Å². The van der Waals surface area contributed by atoms with Crippen LogP contribution in [0.15, 0.2) is 42.2 Å². The molecule has 0 nitrogen and oxygen atoms in total. The molecular formula is C22H22Br4I2Si2. The molecule has 2 aromatic carbocycles. The first-order chi connectivity index (χ1) is 13.6. The quantitative estimate of drug-likeness (QED) is 0.107. The minimum atomic E-state index is -1.35. The molecule has 0 saturated heterocycles. The van der Waals surface area contributed by atoms with E-state index in [1.807, 2.05) is 0 Å². The largest absolute Gasteiger partial charge is 0.129 e. The fraction of sp³-hybridized carbons (Fsp3) is 0.273. The molecule has 0 heterocycles. The molecule has 2 aromatic rings. The average molecular weight is 916 g/mol. The second kappa shape index (κ2) is 12.7. The molecule has 0 unspecified atom stereocenters. The molecule has 0 amide bonds. The Bertz CT molecular complexity index is 940. The summed E-state index contributed by atoms with van der Waals surface area (Å²) >= 11 is 18.7. The van der Waals surface area contributed by atoms with E-state index in [0.717, 1.165) is 29.0 Å². The third-order valence-electron chi connectivity index (χ3n) is 3.16. The van der Waals surface area contributed by atoms with Gasteiger partial charge in [0.05, 0.1) is 0 Å². The average Bonchev–Trinajstić information content (AvgIpc) is 2.58. The summed E-state index contributed by atoms with van der Waals surface area (Å²) in [5.74, 6) is 6.58. The SMILES string of the molecule is Brc1cc(I)c(Br)cc1I.C[Si](C)(C)C#Cc1cc(Br)c(C#C[Si](C)(C)C)cc1Br. The van der Waals surface area contributed by atoms with Gasteiger partial charge < -0.3 is 0 Å². The molecule has 0 radical (unpaired) electrons. The molecule has 2 rings (SSSR count). The van der Waals surface area contributed by atoms with E-state index >= 15 is 0 Å². The summed E-state index contributed by atoms with van der Waals surface area (Å²) in [6.45, 7) is 13.5. The molecule has 0 spiro atoms. The summed E-state index contributed by atoms with van der Waals surface area (Å²) in [6, 6.07) is 8.30. The Balaban J connectivity index is 0.000000375. The van der Waals surface area contributed by atoms with Crippen molar-refractivity contribution in [2.45, 2.75) is 39.3 Å². The Morgan fingerprint density at radius 2 is 0.867 bits per heavy atom. The lowest BCUT2D eigenvalue weighted by Gasteiger charge is -2.06. The standard InChI is InChI=1S/C16H20Br2Si2.C6H2Br2I2/c1-19(2,3)9-7-13-11-16(18)14(12-15(13)17)8-10-20(4,5)6;7-3-1-5(9)4(8)2-6(3)10/h11-12H,1-6H3;1-2H. The zero-order valence-electron chi connectivity index (χ0n) is 17.6. The van der Waals surface area contributed by atoms with Crippen LogP contribution in [0, 0.1) is 30.1 Å². The highest BCUT2D eigenvalue weighted by atomic mass is 127. The highest BCUT2D eigenvalue weighted by Gasteiger charge is 2.10. The van der Waals surface area contributed by atoms with Gasteiger partial charge in [0, 0.05) is 36.2 Å². The molecule has 0 aromatic heterocycles. The van der Waals surface area contributed by atoms with Gasteiger partial charge in [-0.2, -0.15) is 0 Å². The second-order valence-corrected chi connectivity index (χ2v) is 23.7. The normalized spacial score (nSPS) is 10.8. The van der Waals surface area contributed by atoms with E-state index in [1.54, 1.807) is 0 Å². The van der Waals surface area contributed by atoms with Crippen molar-refractivity contribution in [1.82, 2.24) is 0 Å². The highest BCUT2D eigenvalue weighted by molar-refractivity contribution is 14.1. The van der Waals surface area contributed by atoms with E-state index in [-0.39, 0.29) is 0 Å². The topological polar surface area (TPSA) is 0 Å². The van der Waals surface area contributed by atoms with E-state index in [4.69, 9.17) is 0 Å². The van der Waals surface area contributed by atoms with Gasteiger partial charge in [-0.05, 0) is 133 Å². The Morgan fingerprint density at radius 1 is 0.567 bits per heavy atom. The van der Waals surface area contributed by atoms with Crippen molar-refractivity contribution >= 4 is 125 Å². The monoisotopic (exact) mass is 912 g/mol. The number of hydrogen-bond acceptors (Lipinski definition) is 0. The lowest BCUT2D eigenvalue weighted by atomic mass is 10.1. The molecule has 0 N–H and O–H groups in total. The molecule has 8 heteroatoms. The lowest BCUT2D eigenvalue weighted by Crippen LogP contribution is -2.16. The molecule has 0 aliphatic heterocycles. The third-order valence-corrected chi connectivity index (χ3v) is 10.8. The van der Waals surface area contributed by atoms with Gasteiger partial charge >= 0.3 is 0 Å². The summed E-state index contributed by atoms with van der Waals surface area (Å²) in [5.41, 5.74) is 8.83. The van der Waals surface area contributed by atoms with Crippen LogP contribution in [-0.4, -0.2) is 16.1 Å². The van der Waals surface area contributed by atoms with E-state index in [2.05, 4.69) is 195 Å². The van der Waals surface area contributed by atoms with Crippen molar-refractivity contribution in [3.8, 4) is 22.9 Å². The van der Waals surface area contributed by atoms with Crippen molar-refractivity contribution < 1.29 is 0 Å². The van der Waals surface area contributed by atoms with Crippen LogP contribution in [0.1, 0.15) is 11.1 Å². The summed E-state index contributed by atoms with van der Waals surface area (Å²) < 4.78 is 6.80. The second-order valence-electron chi connectivity index (χ2n) is 8.49. The van der Waals surface area contributed by atoms with Crippen LogP contribution >= 0.6 is 109 Å². The Morgan fingerprint density at radius 3 is 1.13 bits per heavy atom. The molecule has 0 fully saturated rings. The van der Waals surface area contributed by atoms with Gasteiger partial charge in [-0.1, -0.05) is 51.1 Å². The minimum Gasteiger partial charge on any atom is -0.127 e. The number of hydrogen-bond donors (Lipinski definition) is 0. The molecular weight excluding hydrogens is 894 g/mol. The molecule has 0 saturated carbocycles. The first kappa shape index (κ1) is 29.4. The zero-order chi connectivity index (χ0) is 23.3. The van der Waals surface area contributed by atoms with Gasteiger partial charge in [-0.25, -0.2) is 0 Å². The van der Waals surface area contributed by atoms with Crippen LogP contribution in [0.2, 0.25) is 39.3 Å². The third kappa shape index (κ3) is 11.5. The fourth-order valence-electron chi connectivity index (χ4n) is 1.75. The minimum absolute atomic E-state index is 1.02. The first-order valence-electron chi connectivity index (χ1n) is 8.94. The van der Waals surface area contributed by atoms with Crippen LogP contribution in [0.25, 0.3) is 0 Å². The predicted octanol–water partition coefficient (Wildman–Crippen LogP) is 10.1. The first-order valence-corrected chi connectivity index (χ1v) is 21.3. The van der Waals surface area contributed by atoms with Gasteiger partial charge in [0.25, 0.3) is 0 Å². The van der Waals surface area contributed by atoms with Crippen molar-refractivity contribution in [1.29, 1.82) is 0 Å². The Kier molecular flexibility index (Phi) is 12.5. The van der Waals surface area contributed by atoms with E-state index < -0.39 is 16.1 Å². The summed E-state index contributed by atoms with van der Waals surface area (Å²) in [4.78, 5) is 0.